The number of hydrogen-bond donors (Lipinski definition) is 1. The number of halogens is 2. The third-order valence-electron chi connectivity index (χ3n) is 2.76. The highest BCUT2D eigenvalue weighted by Crippen LogP contribution is 2.22. The minimum atomic E-state index is -0.473. The zero-order chi connectivity index (χ0) is 15.1. The first kappa shape index (κ1) is 15.4. The van der Waals surface area contributed by atoms with E-state index in [1.165, 1.54) is 18.2 Å². The number of benzene rings is 2. The molecular formula is C17H14ClFO2. The van der Waals surface area contributed by atoms with Gasteiger partial charge in [0.05, 0.1) is 11.6 Å². The van der Waals surface area contributed by atoms with E-state index in [9.17, 15) is 4.39 Å². The molecule has 0 bridgehead atoms. The fourth-order valence-electron chi connectivity index (χ4n) is 1.71. The molecule has 4 heteroatoms. The van der Waals surface area contributed by atoms with Gasteiger partial charge in [0.15, 0.2) is 0 Å². The van der Waals surface area contributed by atoms with Gasteiger partial charge in [-0.25, -0.2) is 4.39 Å². The summed E-state index contributed by atoms with van der Waals surface area (Å²) in [6.07, 6.45) is 0.433. The number of aliphatic hydroxyl groups excluding tert-OH is 1. The molecule has 2 rings (SSSR count). The first-order chi connectivity index (χ1) is 10.2. The van der Waals surface area contributed by atoms with Gasteiger partial charge in [-0.1, -0.05) is 41.6 Å². The van der Waals surface area contributed by atoms with Crippen LogP contribution >= 0.6 is 11.6 Å². The lowest BCUT2D eigenvalue weighted by Crippen LogP contribution is -1.98. The molecule has 0 aromatic heterocycles. The van der Waals surface area contributed by atoms with E-state index in [4.69, 9.17) is 21.4 Å². The van der Waals surface area contributed by atoms with Crippen molar-refractivity contribution >= 4 is 11.6 Å². The summed E-state index contributed by atoms with van der Waals surface area (Å²) in [6.45, 7) is 0.353. The first-order valence-electron chi connectivity index (χ1n) is 6.46. The van der Waals surface area contributed by atoms with Gasteiger partial charge in [0.2, 0.25) is 0 Å². The van der Waals surface area contributed by atoms with Crippen LogP contribution in [0.5, 0.6) is 5.75 Å². The second kappa shape index (κ2) is 7.68. The molecule has 0 saturated carbocycles. The van der Waals surface area contributed by atoms with Crippen molar-refractivity contribution in [3.8, 4) is 17.6 Å². The van der Waals surface area contributed by atoms with E-state index in [-0.39, 0.29) is 11.6 Å². The molecule has 0 spiro atoms. The molecule has 21 heavy (non-hydrogen) atoms. The second-order valence-corrected chi connectivity index (χ2v) is 4.70. The van der Waals surface area contributed by atoms with Crippen molar-refractivity contribution in [2.75, 3.05) is 6.61 Å². The van der Waals surface area contributed by atoms with Crippen LogP contribution in [0.3, 0.4) is 0 Å². The highest BCUT2D eigenvalue weighted by atomic mass is 35.5. The Labute approximate surface area is 128 Å². The summed E-state index contributed by atoms with van der Waals surface area (Å²) in [5, 5.41) is 8.77. The Morgan fingerprint density at radius 2 is 2.00 bits per heavy atom. The van der Waals surface area contributed by atoms with Crippen molar-refractivity contribution in [1.82, 2.24) is 0 Å². The molecule has 2 nitrogen and oxygen atoms in total. The van der Waals surface area contributed by atoms with E-state index in [1.807, 2.05) is 24.3 Å². The zero-order valence-electron chi connectivity index (χ0n) is 11.3. The molecule has 0 aliphatic heterocycles. The molecular weight excluding hydrogens is 291 g/mol. The molecule has 0 atom stereocenters. The molecule has 0 aliphatic carbocycles. The SMILES string of the molecule is OCCC#Cc1ccccc1COc1ccc(F)c(Cl)c1. The Balaban J connectivity index is 2.09. The summed E-state index contributed by atoms with van der Waals surface area (Å²) in [7, 11) is 0. The Bertz CT molecular complexity index is 674. The van der Waals surface area contributed by atoms with Crippen LogP contribution in [0.1, 0.15) is 17.5 Å². The maximum atomic E-state index is 13.1. The quantitative estimate of drug-likeness (QED) is 0.871. The minimum Gasteiger partial charge on any atom is -0.489 e. The summed E-state index contributed by atoms with van der Waals surface area (Å²) < 4.78 is 18.7. The van der Waals surface area contributed by atoms with E-state index in [0.29, 0.717) is 18.8 Å². The lowest BCUT2D eigenvalue weighted by atomic mass is 10.1. The summed E-state index contributed by atoms with van der Waals surface area (Å²) in [5.41, 5.74) is 1.77. The predicted molar refractivity (Wildman–Crippen MR) is 80.8 cm³/mol. The van der Waals surface area contributed by atoms with E-state index < -0.39 is 5.82 Å². The molecule has 0 aliphatic rings. The van der Waals surface area contributed by atoms with Crippen molar-refractivity contribution in [2.45, 2.75) is 13.0 Å². The van der Waals surface area contributed by atoms with Crippen molar-refractivity contribution in [2.24, 2.45) is 0 Å². The third-order valence-corrected chi connectivity index (χ3v) is 3.05. The van der Waals surface area contributed by atoms with E-state index >= 15 is 0 Å². The predicted octanol–water partition coefficient (Wildman–Crippen LogP) is 3.79. The summed E-state index contributed by atoms with van der Waals surface area (Å²) in [5.74, 6) is 5.90. The fraction of sp³-hybridized carbons (Fsp3) is 0.176. The number of rotatable bonds is 4. The maximum Gasteiger partial charge on any atom is 0.142 e. The smallest absolute Gasteiger partial charge is 0.142 e. The standard InChI is InChI=1S/C17H14ClFO2/c18-16-11-15(8-9-17(16)19)21-12-14-7-2-1-5-13(14)6-3-4-10-20/h1-2,5,7-9,11,20H,4,10,12H2. The monoisotopic (exact) mass is 304 g/mol. The molecule has 0 unspecified atom stereocenters. The van der Waals surface area contributed by atoms with Crippen molar-refractivity contribution < 1.29 is 14.2 Å². The van der Waals surface area contributed by atoms with Crippen molar-refractivity contribution in [1.29, 1.82) is 0 Å². The molecule has 0 radical (unpaired) electrons. The van der Waals surface area contributed by atoms with Gasteiger partial charge < -0.3 is 9.84 Å². The van der Waals surface area contributed by atoms with Crippen LogP contribution in [0, 0.1) is 17.7 Å². The van der Waals surface area contributed by atoms with E-state index in [1.54, 1.807) is 0 Å². The van der Waals surface area contributed by atoms with Crippen molar-refractivity contribution in [3.05, 3.63) is 64.4 Å². The number of hydrogen-bond acceptors (Lipinski definition) is 2. The minimum absolute atomic E-state index is 0.0310. The Hall–Kier alpha value is -2.02. The van der Waals surface area contributed by atoms with Crippen LogP contribution < -0.4 is 4.74 Å². The lowest BCUT2D eigenvalue weighted by Gasteiger charge is -2.08. The average Bonchev–Trinajstić information content (AvgIpc) is 2.50. The molecule has 0 fully saturated rings. The normalized spacial score (nSPS) is 9.86. The second-order valence-electron chi connectivity index (χ2n) is 4.30. The summed E-state index contributed by atoms with van der Waals surface area (Å²) in [6, 6.07) is 11.8. The molecule has 0 heterocycles. The van der Waals surface area contributed by atoms with Gasteiger partial charge >= 0.3 is 0 Å². The van der Waals surface area contributed by atoms with Crippen LogP contribution in [0.15, 0.2) is 42.5 Å². The average molecular weight is 305 g/mol. The number of aliphatic hydroxyl groups is 1. The first-order valence-corrected chi connectivity index (χ1v) is 6.84. The van der Waals surface area contributed by atoms with Gasteiger partial charge in [-0.15, -0.1) is 0 Å². The topological polar surface area (TPSA) is 29.5 Å². The molecule has 108 valence electrons. The number of ether oxygens (including phenoxy) is 1. The van der Waals surface area contributed by atoms with Gasteiger partial charge in [-0.3, -0.25) is 0 Å². The Kier molecular flexibility index (Phi) is 5.62. The molecule has 1 N–H and O–H groups in total. The molecule has 2 aromatic rings. The fourth-order valence-corrected chi connectivity index (χ4v) is 1.88. The van der Waals surface area contributed by atoms with Crippen LogP contribution in [0.4, 0.5) is 4.39 Å². The highest BCUT2D eigenvalue weighted by molar-refractivity contribution is 6.30. The van der Waals surface area contributed by atoms with Crippen LogP contribution in [0.25, 0.3) is 0 Å². The summed E-state index contributed by atoms with van der Waals surface area (Å²) in [4.78, 5) is 0. The lowest BCUT2D eigenvalue weighted by molar-refractivity contribution is 0.305. The van der Waals surface area contributed by atoms with Crippen LogP contribution in [0.2, 0.25) is 5.02 Å². The van der Waals surface area contributed by atoms with Crippen LogP contribution in [-0.2, 0) is 6.61 Å². The Morgan fingerprint density at radius 3 is 2.76 bits per heavy atom. The van der Waals surface area contributed by atoms with E-state index in [0.717, 1.165) is 11.1 Å². The zero-order valence-corrected chi connectivity index (χ0v) is 12.0. The van der Waals surface area contributed by atoms with Crippen LogP contribution in [-0.4, -0.2) is 11.7 Å². The van der Waals surface area contributed by atoms with E-state index in [2.05, 4.69) is 11.8 Å². The summed E-state index contributed by atoms with van der Waals surface area (Å²) >= 11 is 5.71. The maximum absolute atomic E-state index is 13.1. The van der Waals surface area contributed by atoms with Gasteiger partial charge in [-0.2, -0.15) is 0 Å². The van der Waals surface area contributed by atoms with Crippen molar-refractivity contribution in [3.63, 3.8) is 0 Å². The highest BCUT2D eigenvalue weighted by Gasteiger charge is 2.04. The Morgan fingerprint density at radius 1 is 1.19 bits per heavy atom. The third kappa shape index (κ3) is 4.49. The van der Waals surface area contributed by atoms with Gasteiger partial charge in [0, 0.05) is 23.6 Å². The molecule has 0 saturated heterocycles. The molecule has 2 aromatic carbocycles. The largest absolute Gasteiger partial charge is 0.489 e. The van der Waals surface area contributed by atoms with Gasteiger partial charge in [0.25, 0.3) is 0 Å². The molecule has 0 amide bonds. The van der Waals surface area contributed by atoms with Gasteiger partial charge in [0.1, 0.15) is 18.2 Å². The van der Waals surface area contributed by atoms with Gasteiger partial charge in [-0.05, 0) is 18.2 Å².